The van der Waals surface area contributed by atoms with Gasteiger partial charge in [0.1, 0.15) is 11.9 Å². The van der Waals surface area contributed by atoms with Crippen LogP contribution in [0, 0.1) is 5.82 Å². The van der Waals surface area contributed by atoms with Crippen molar-refractivity contribution in [3.8, 4) is 0 Å². The number of aromatic carboxylic acids is 1. The third-order valence-electron chi connectivity index (χ3n) is 5.60. The number of hydrogen-bond acceptors (Lipinski definition) is 4. The van der Waals surface area contributed by atoms with Crippen molar-refractivity contribution in [1.29, 1.82) is 0 Å². The molecular weight excluding hydrogens is 587 g/mol. The molecule has 1 amide bonds. The highest BCUT2D eigenvalue weighted by atomic mass is 35.5. The molecule has 0 heterocycles. The van der Waals surface area contributed by atoms with Crippen LogP contribution in [0.15, 0.2) is 65.6 Å². The first-order chi connectivity index (χ1) is 18.2. The standard InChI is InChI=1S/C25H20Cl2F4N2O5S/c1-2-21(23(34)32-13-15-11-14(24(35)36)3-10-20(15)28)33(39(37,38)18-7-5-17(26)6-8-18)22-12-16(25(29,30)31)4-9-19(22)27/h3-12,21H,2,13H2,1H3,(H,32,34)(H,35,36). The van der Waals surface area contributed by atoms with E-state index in [1.54, 1.807) is 0 Å². The van der Waals surface area contributed by atoms with Crippen LogP contribution in [0.25, 0.3) is 0 Å². The molecular formula is C25H20Cl2F4N2O5S. The van der Waals surface area contributed by atoms with Crippen molar-refractivity contribution in [1.82, 2.24) is 5.32 Å². The molecule has 0 aliphatic heterocycles. The van der Waals surface area contributed by atoms with E-state index in [1.165, 1.54) is 19.1 Å². The molecule has 3 aromatic carbocycles. The normalized spacial score (nSPS) is 12.6. The fourth-order valence-corrected chi connectivity index (χ4v) is 5.73. The Hall–Kier alpha value is -3.35. The van der Waals surface area contributed by atoms with E-state index in [9.17, 15) is 35.6 Å². The number of amides is 1. The number of sulfonamides is 1. The molecule has 0 saturated heterocycles. The molecule has 3 rings (SSSR count). The smallest absolute Gasteiger partial charge is 0.416 e. The molecule has 0 fully saturated rings. The molecule has 3 aromatic rings. The Morgan fingerprint density at radius 1 is 1.03 bits per heavy atom. The SMILES string of the molecule is CCC(C(=O)NCc1cc(C(=O)O)ccc1F)N(c1cc(C(F)(F)F)ccc1Cl)S(=O)(=O)c1ccc(Cl)cc1. The van der Waals surface area contributed by atoms with E-state index in [4.69, 9.17) is 28.3 Å². The van der Waals surface area contributed by atoms with Crippen molar-refractivity contribution in [3.63, 3.8) is 0 Å². The number of carboxylic acids is 1. The predicted molar refractivity (Wildman–Crippen MR) is 137 cm³/mol. The first-order valence-corrected chi connectivity index (χ1v) is 13.3. The highest BCUT2D eigenvalue weighted by Crippen LogP contribution is 2.39. The number of carboxylic acid groups (broad SMARTS) is 1. The lowest BCUT2D eigenvalue weighted by atomic mass is 10.1. The topological polar surface area (TPSA) is 104 Å². The van der Waals surface area contributed by atoms with E-state index in [-0.39, 0.29) is 32.5 Å². The van der Waals surface area contributed by atoms with Gasteiger partial charge in [0.25, 0.3) is 10.0 Å². The van der Waals surface area contributed by atoms with Crippen LogP contribution < -0.4 is 9.62 Å². The Bertz CT molecular complexity index is 1500. The number of nitrogens with zero attached hydrogens (tertiary/aromatic N) is 1. The lowest BCUT2D eigenvalue weighted by Crippen LogP contribution is -2.49. The van der Waals surface area contributed by atoms with E-state index in [0.717, 1.165) is 36.4 Å². The number of halogens is 6. The van der Waals surface area contributed by atoms with Gasteiger partial charge >= 0.3 is 12.1 Å². The number of carbonyl (C=O) groups is 2. The van der Waals surface area contributed by atoms with E-state index in [2.05, 4.69) is 5.32 Å². The van der Waals surface area contributed by atoms with Crippen LogP contribution in [0.3, 0.4) is 0 Å². The number of rotatable bonds is 9. The molecule has 7 nitrogen and oxygen atoms in total. The van der Waals surface area contributed by atoms with Crippen LogP contribution in [-0.2, 0) is 27.5 Å². The lowest BCUT2D eigenvalue weighted by molar-refractivity contribution is -0.137. The number of alkyl halides is 3. The van der Waals surface area contributed by atoms with Gasteiger partial charge in [-0.1, -0.05) is 30.1 Å². The van der Waals surface area contributed by atoms with E-state index < -0.39 is 57.7 Å². The third-order valence-corrected chi connectivity index (χ3v) is 8.01. The summed E-state index contributed by atoms with van der Waals surface area (Å²) in [6.07, 6.45) is -5.09. The summed E-state index contributed by atoms with van der Waals surface area (Å²) in [7, 11) is -4.71. The van der Waals surface area contributed by atoms with Gasteiger partial charge in [-0.3, -0.25) is 9.10 Å². The molecule has 0 radical (unpaired) electrons. The van der Waals surface area contributed by atoms with Crippen molar-refractivity contribution < 1.29 is 40.7 Å². The molecule has 208 valence electrons. The fraction of sp³-hybridized carbons (Fsp3) is 0.200. The summed E-state index contributed by atoms with van der Waals surface area (Å²) in [4.78, 5) is 24.1. The third kappa shape index (κ3) is 6.81. The second-order valence-corrected chi connectivity index (χ2v) is 10.8. The van der Waals surface area contributed by atoms with Crippen molar-refractivity contribution in [2.45, 2.75) is 37.0 Å². The largest absolute Gasteiger partial charge is 0.478 e. The van der Waals surface area contributed by atoms with Gasteiger partial charge in [0.2, 0.25) is 5.91 Å². The average Bonchev–Trinajstić information content (AvgIpc) is 2.86. The van der Waals surface area contributed by atoms with Crippen molar-refractivity contribution in [2.75, 3.05) is 4.31 Å². The number of hydrogen-bond donors (Lipinski definition) is 2. The number of nitrogens with one attached hydrogen (secondary N) is 1. The molecule has 14 heteroatoms. The second kappa shape index (κ2) is 11.8. The predicted octanol–water partition coefficient (Wildman–Crippen LogP) is 6.14. The molecule has 0 bridgehead atoms. The maximum absolute atomic E-state index is 14.3. The quantitative estimate of drug-likeness (QED) is 0.285. The van der Waals surface area contributed by atoms with Crippen LogP contribution in [0.1, 0.15) is 34.8 Å². The van der Waals surface area contributed by atoms with Gasteiger partial charge in [-0.25, -0.2) is 17.6 Å². The zero-order chi connectivity index (χ0) is 29.1. The summed E-state index contributed by atoms with van der Waals surface area (Å²) < 4.78 is 82.8. The maximum Gasteiger partial charge on any atom is 0.416 e. The second-order valence-electron chi connectivity index (χ2n) is 8.17. The van der Waals surface area contributed by atoms with Gasteiger partial charge in [0.15, 0.2) is 0 Å². The van der Waals surface area contributed by atoms with Crippen LogP contribution in [0.2, 0.25) is 10.0 Å². The van der Waals surface area contributed by atoms with Crippen LogP contribution >= 0.6 is 23.2 Å². The molecule has 1 atom stereocenters. The Morgan fingerprint density at radius 3 is 2.23 bits per heavy atom. The molecule has 0 saturated carbocycles. The van der Waals surface area contributed by atoms with Crippen molar-refractivity contribution in [2.24, 2.45) is 0 Å². The summed E-state index contributed by atoms with van der Waals surface area (Å²) in [5.41, 5.74) is -2.28. The van der Waals surface area contributed by atoms with Crippen molar-refractivity contribution in [3.05, 3.63) is 93.2 Å². The summed E-state index contributed by atoms with van der Waals surface area (Å²) in [5.74, 6) is -3.17. The first kappa shape index (κ1) is 30.2. The minimum atomic E-state index is -4.86. The van der Waals surface area contributed by atoms with Crippen LogP contribution in [0.4, 0.5) is 23.2 Å². The molecule has 39 heavy (non-hydrogen) atoms. The van der Waals surface area contributed by atoms with Gasteiger partial charge < -0.3 is 10.4 Å². The minimum Gasteiger partial charge on any atom is -0.478 e. The average molecular weight is 607 g/mol. The lowest BCUT2D eigenvalue weighted by Gasteiger charge is -2.32. The number of anilines is 1. The Balaban J connectivity index is 2.10. The van der Waals surface area contributed by atoms with E-state index >= 15 is 0 Å². The number of benzene rings is 3. The first-order valence-electron chi connectivity index (χ1n) is 11.1. The molecule has 1 unspecified atom stereocenters. The fourth-order valence-electron chi connectivity index (χ4n) is 3.64. The summed E-state index contributed by atoms with van der Waals surface area (Å²) >= 11 is 12.0. The zero-order valence-corrected chi connectivity index (χ0v) is 22.3. The van der Waals surface area contributed by atoms with Gasteiger partial charge in [-0.15, -0.1) is 0 Å². The molecule has 2 N–H and O–H groups in total. The van der Waals surface area contributed by atoms with Gasteiger partial charge in [0, 0.05) is 17.1 Å². The molecule has 0 aromatic heterocycles. The number of carbonyl (C=O) groups excluding carboxylic acids is 1. The van der Waals surface area contributed by atoms with E-state index in [1.807, 2.05) is 0 Å². The van der Waals surface area contributed by atoms with Crippen LogP contribution in [0.5, 0.6) is 0 Å². The Labute approximate surface area is 231 Å². The molecule has 0 aliphatic carbocycles. The van der Waals surface area contributed by atoms with Gasteiger partial charge in [0.05, 0.1) is 26.7 Å². The molecule has 0 spiro atoms. The summed E-state index contributed by atoms with van der Waals surface area (Å²) in [5, 5.41) is 11.3. The zero-order valence-electron chi connectivity index (χ0n) is 20.0. The van der Waals surface area contributed by atoms with Gasteiger partial charge in [-0.05, 0) is 67.1 Å². The van der Waals surface area contributed by atoms with Gasteiger partial charge in [-0.2, -0.15) is 13.2 Å². The summed E-state index contributed by atoms with van der Waals surface area (Å²) in [6, 6.07) is 8.03. The summed E-state index contributed by atoms with van der Waals surface area (Å²) in [6.45, 7) is 0.884. The monoisotopic (exact) mass is 606 g/mol. The maximum atomic E-state index is 14.3. The van der Waals surface area contributed by atoms with E-state index in [0.29, 0.717) is 16.4 Å². The highest BCUT2D eigenvalue weighted by molar-refractivity contribution is 7.93. The molecule has 0 aliphatic rings. The minimum absolute atomic E-state index is 0.188. The Morgan fingerprint density at radius 2 is 1.67 bits per heavy atom. The Kier molecular flexibility index (Phi) is 9.14. The highest BCUT2D eigenvalue weighted by Gasteiger charge is 2.39. The van der Waals surface area contributed by atoms with Crippen molar-refractivity contribution >= 4 is 50.8 Å². The van der Waals surface area contributed by atoms with Crippen LogP contribution in [-0.4, -0.2) is 31.4 Å².